The molecule has 1 aliphatic rings. The van der Waals surface area contributed by atoms with Crippen LogP contribution >= 0.6 is 24.8 Å². The minimum Gasteiger partial charge on any atom is -0.354 e. The number of carbonyl (C=O) groups excluding carboxylic acids is 1. The first-order chi connectivity index (χ1) is 7.06. The summed E-state index contributed by atoms with van der Waals surface area (Å²) in [7, 11) is 0. The van der Waals surface area contributed by atoms with Gasteiger partial charge in [-0.05, 0) is 39.8 Å². The molecule has 3 N–H and O–H groups in total. The van der Waals surface area contributed by atoms with E-state index in [4.69, 9.17) is 5.73 Å². The van der Waals surface area contributed by atoms with Gasteiger partial charge in [-0.3, -0.25) is 4.79 Å². The van der Waals surface area contributed by atoms with Crippen LogP contribution < -0.4 is 11.1 Å². The largest absolute Gasteiger partial charge is 0.354 e. The van der Waals surface area contributed by atoms with Gasteiger partial charge in [0.05, 0.1) is 5.41 Å². The third kappa shape index (κ3) is 6.46. The molecule has 104 valence electrons. The van der Waals surface area contributed by atoms with Gasteiger partial charge < -0.3 is 16.0 Å². The van der Waals surface area contributed by atoms with Crippen molar-refractivity contribution in [3.05, 3.63) is 0 Å². The van der Waals surface area contributed by atoms with Gasteiger partial charge in [0.2, 0.25) is 5.91 Å². The zero-order chi connectivity index (χ0) is 11.3. The number of hydrogen-bond acceptors (Lipinski definition) is 3. The normalized spacial score (nSPS) is 15.9. The fraction of sp³-hybridized carbons (Fsp3) is 0.909. The van der Waals surface area contributed by atoms with Crippen LogP contribution in [0.3, 0.4) is 0 Å². The summed E-state index contributed by atoms with van der Waals surface area (Å²) in [5, 5.41) is 2.94. The molecule has 17 heavy (non-hydrogen) atoms. The summed E-state index contributed by atoms with van der Waals surface area (Å²) in [6, 6.07) is 0. The summed E-state index contributed by atoms with van der Waals surface area (Å²) in [6.45, 7) is 8.19. The number of hydrogen-bond donors (Lipinski definition) is 2. The zero-order valence-corrected chi connectivity index (χ0v) is 12.3. The lowest BCUT2D eigenvalue weighted by Gasteiger charge is -2.22. The van der Waals surface area contributed by atoms with Gasteiger partial charge in [-0.25, -0.2) is 0 Å². The molecule has 1 aliphatic heterocycles. The SMILES string of the molecule is CC(C)(CN)C(=O)NCCN1CCCC1.Cl.Cl. The van der Waals surface area contributed by atoms with Crippen LogP contribution in [-0.2, 0) is 4.79 Å². The van der Waals surface area contributed by atoms with Gasteiger partial charge in [0, 0.05) is 19.6 Å². The second-order valence-corrected chi connectivity index (χ2v) is 4.89. The molecular formula is C11H25Cl2N3O. The van der Waals surface area contributed by atoms with Crippen LogP contribution in [0.5, 0.6) is 0 Å². The molecule has 0 aromatic carbocycles. The monoisotopic (exact) mass is 285 g/mol. The summed E-state index contributed by atoms with van der Waals surface area (Å²) < 4.78 is 0. The average molecular weight is 286 g/mol. The van der Waals surface area contributed by atoms with Crippen molar-refractivity contribution in [2.24, 2.45) is 11.1 Å². The van der Waals surface area contributed by atoms with Gasteiger partial charge in [0.1, 0.15) is 0 Å². The lowest BCUT2D eigenvalue weighted by Crippen LogP contribution is -2.44. The molecule has 1 saturated heterocycles. The highest BCUT2D eigenvalue weighted by Crippen LogP contribution is 2.12. The first-order valence-electron chi connectivity index (χ1n) is 5.77. The summed E-state index contributed by atoms with van der Waals surface area (Å²) in [5.41, 5.74) is 5.09. The Hall–Kier alpha value is -0.0300. The van der Waals surface area contributed by atoms with E-state index in [0.717, 1.165) is 13.1 Å². The van der Waals surface area contributed by atoms with Crippen LogP contribution in [0.15, 0.2) is 0 Å². The van der Waals surface area contributed by atoms with Crippen molar-refractivity contribution < 1.29 is 4.79 Å². The lowest BCUT2D eigenvalue weighted by molar-refractivity contribution is -0.128. The van der Waals surface area contributed by atoms with Gasteiger partial charge in [-0.15, -0.1) is 24.8 Å². The molecule has 1 fully saturated rings. The number of likely N-dealkylation sites (tertiary alicyclic amines) is 1. The number of amides is 1. The Kier molecular flexibility index (Phi) is 10.2. The number of carbonyl (C=O) groups is 1. The highest BCUT2D eigenvalue weighted by Gasteiger charge is 2.25. The highest BCUT2D eigenvalue weighted by molar-refractivity contribution is 5.85. The standard InChI is InChI=1S/C11H23N3O.2ClH/c1-11(2,9-12)10(15)13-5-8-14-6-3-4-7-14;;/h3-9,12H2,1-2H3,(H,13,15);2*1H. The molecule has 0 radical (unpaired) electrons. The smallest absolute Gasteiger partial charge is 0.226 e. The van der Waals surface area contributed by atoms with Crippen molar-refractivity contribution in [3.63, 3.8) is 0 Å². The van der Waals surface area contributed by atoms with E-state index in [1.165, 1.54) is 25.9 Å². The maximum Gasteiger partial charge on any atom is 0.226 e. The first kappa shape index (κ1) is 19.3. The Morgan fingerprint density at radius 2 is 1.82 bits per heavy atom. The van der Waals surface area contributed by atoms with Crippen molar-refractivity contribution in [1.29, 1.82) is 0 Å². The quantitative estimate of drug-likeness (QED) is 0.793. The van der Waals surface area contributed by atoms with E-state index in [1.807, 2.05) is 13.8 Å². The second kappa shape index (κ2) is 8.97. The minimum atomic E-state index is -0.439. The molecule has 0 bridgehead atoms. The maximum atomic E-state index is 11.7. The third-order valence-corrected chi connectivity index (χ3v) is 3.04. The second-order valence-electron chi connectivity index (χ2n) is 4.89. The minimum absolute atomic E-state index is 0. The Bertz CT molecular complexity index is 219. The van der Waals surface area contributed by atoms with Gasteiger partial charge in [-0.1, -0.05) is 0 Å². The van der Waals surface area contributed by atoms with Crippen molar-refractivity contribution in [2.75, 3.05) is 32.7 Å². The summed E-state index contributed by atoms with van der Waals surface area (Å²) in [4.78, 5) is 14.0. The number of halogens is 2. The number of rotatable bonds is 5. The van der Waals surface area contributed by atoms with Crippen LogP contribution in [0.4, 0.5) is 0 Å². The van der Waals surface area contributed by atoms with E-state index < -0.39 is 5.41 Å². The molecule has 0 aromatic rings. The number of nitrogens with two attached hydrogens (primary N) is 1. The number of nitrogens with zero attached hydrogens (tertiary/aromatic N) is 1. The predicted octanol–water partition coefficient (Wildman–Crippen LogP) is 1.03. The van der Waals surface area contributed by atoms with Crippen molar-refractivity contribution in [3.8, 4) is 0 Å². The summed E-state index contributed by atoms with van der Waals surface area (Å²) in [5.74, 6) is 0.0594. The first-order valence-corrected chi connectivity index (χ1v) is 5.77. The topological polar surface area (TPSA) is 58.4 Å². The van der Waals surface area contributed by atoms with Gasteiger partial charge in [-0.2, -0.15) is 0 Å². The Morgan fingerprint density at radius 3 is 2.29 bits per heavy atom. The summed E-state index contributed by atoms with van der Waals surface area (Å²) in [6.07, 6.45) is 2.59. The van der Waals surface area contributed by atoms with Crippen LogP contribution in [0, 0.1) is 5.41 Å². The predicted molar refractivity (Wildman–Crippen MR) is 76.0 cm³/mol. The lowest BCUT2D eigenvalue weighted by atomic mass is 9.93. The average Bonchev–Trinajstić information content (AvgIpc) is 2.70. The Labute approximate surface area is 117 Å². The molecule has 0 aromatic heterocycles. The van der Waals surface area contributed by atoms with Crippen molar-refractivity contribution in [1.82, 2.24) is 10.2 Å². The van der Waals surface area contributed by atoms with Crippen LogP contribution in [0.25, 0.3) is 0 Å². The van der Waals surface area contributed by atoms with Gasteiger partial charge >= 0.3 is 0 Å². The molecule has 0 saturated carbocycles. The third-order valence-electron chi connectivity index (χ3n) is 3.04. The van der Waals surface area contributed by atoms with Crippen molar-refractivity contribution in [2.45, 2.75) is 26.7 Å². The van der Waals surface area contributed by atoms with E-state index in [0.29, 0.717) is 6.54 Å². The van der Waals surface area contributed by atoms with Crippen molar-refractivity contribution >= 4 is 30.7 Å². The van der Waals surface area contributed by atoms with E-state index in [1.54, 1.807) is 0 Å². The molecule has 1 amide bonds. The van der Waals surface area contributed by atoms with E-state index in [-0.39, 0.29) is 30.7 Å². The zero-order valence-electron chi connectivity index (χ0n) is 10.7. The van der Waals surface area contributed by atoms with Crippen LogP contribution in [0.2, 0.25) is 0 Å². The van der Waals surface area contributed by atoms with E-state index in [9.17, 15) is 4.79 Å². The van der Waals surface area contributed by atoms with Gasteiger partial charge in [0.25, 0.3) is 0 Å². The molecule has 0 aliphatic carbocycles. The fourth-order valence-corrected chi connectivity index (χ4v) is 1.67. The van der Waals surface area contributed by atoms with Gasteiger partial charge in [0.15, 0.2) is 0 Å². The molecule has 0 spiro atoms. The molecule has 4 nitrogen and oxygen atoms in total. The maximum absolute atomic E-state index is 11.7. The Morgan fingerprint density at radius 1 is 1.29 bits per heavy atom. The molecule has 0 atom stereocenters. The molecule has 0 unspecified atom stereocenters. The van der Waals surface area contributed by atoms with E-state index in [2.05, 4.69) is 10.2 Å². The number of nitrogens with one attached hydrogen (secondary N) is 1. The van der Waals surface area contributed by atoms with Crippen LogP contribution in [-0.4, -0.2) is 43.5 Å². The van der Waals surface area contributed by atoms with Crippen LogP contribution in [0.1, 0.15) is 26.7 Å². The Balaban J connectivity index is 0. The van der Waals surface area contributed by atoms with E-state index >= 15 is 0 Å². The molecular weight excluding hydrogens is 261 g/mol. The fourth-order valence-electron chi connectivity index (χ4n) is 1.67. The highest BCUT2D eigenvalue weighted by atomic mass is 35.5. The molecule has 1 heterocycles. The summed E-state index contributed by atoms with van der Waals surface area (Å²) >= 11 is 0. The molecule has 6 heteroatoms. The molecule has 1 rings (SSSR count).